The lowest BCUT2D eigenvalue weighted by molar-refractivity contribution is 0.301. The maximum absolute atomic E-state index is 10.9. The van der Waals surface area contributed by atoms with Gasteiger partial charge in [0, 0.05) is 18.3 Å². The number of nitrogens with zero attached hydrogens (tertiary/aromatic N) is 1. The molecule has 1 aromatic carbocycles. The number of likely N-dealkylation sites (tertiary alicyclic amines) is 1. The van der Waals surface area contributed by atoms with Crippen molar-refractivity contribution in [3.8, 4) is 0 Å². The number of nitrogens with one attached hydrogen (secondary N) is 1. The van der Waals surface area contributed by atoms with Crippen molar-refractivity contribution in [3.05, 3.63) is 24.3 Å². The molecule has 2 N–H and O–H groups in total. The topological polar surface area (TPSA) is 69.6 Å². The van der Waals surface area contributed by atoms with Gasteiger partial charge in [-0.1, -0.05) is 0 Å². The summed E-state index contributed by atoms with van der Waals surface area (Å²) in [6.07, 6.45) is 3.60. The first-order valence-electron chi connectivity index (χ1n) is 6.48. The van der Waals surface area contributed by atoms with Gasteiger partial charge in [-0.25, -0.2) is 0 Å². The molecule has 19 heavy (non-hydrogen) atoms. The predicted octanol–water partition coefficient (Wildman–Crippen LogP) is 1.83. The molecular weight excluding hydrogens is 264 g/mol. The fourth-order valence-corrected chi connectivity index (χ4v) is 2.95. The summed E-state index contributed by atoms with van der Waals surface area (Å²) in [7, 11) is -1.94. The van der Waals surface area contributed by atoms with Crippen LogP contribution in [0, 0.1) is 0 Å². The lowest BCUT2D eigenvalue weighted by Crippen LogP contribution is -2.26. The first-order chi connectivity index (χ1) is 8.97. The number of rotatable bonds is 5. The van der Waals surface area contributed by atoms with E-state index in [1.807, 2.05) is 0 Å². The maximum atomic E-state index is 10.9. The molecule has 0 amide bonds. The Hall–Kier alpha value is -1.11. The van der Waals surface area contributed by atoms with Crippen LogP contribution < -0.4 is 5.32 Å². The smallest absolute Gasteiger partial charge is 0.294 e. The van der Waals surface area contributed by atoms with Gasteiger partial charge in [-0.15, -0.1) is 0 Å². The third-order valence-electron chi connectivity index (χ3n) is 3.63. The second kappa shape index (κ2) is 5.90. The van der Waals surface area contributed by atoms with Crippen molar-refractivity contribution in [1.82, 2.24) is 4.90 Å². The lowest BCUT2D eigenvalue weighted by atomic mass is 10.1. The van der Waals surface area contributed by atoms with Gasteiger partial charge in [-0.05, 0) is 57.1 Å². The summed E-state index contributed by atoms with van der Waals surface area (Å²) < 4.78 is 30.7. The van der Waals surface area contributed by atoms with Gasteiger partial charge in [0.25, 0.3) is 10.1 Å². The van der Waals surface area contributed by atoms with Gasteiger partial charge in [0.15, 0.2) is 0 Å². The average molecular weight is 284 g/mol. The molecule has 0 spiro atoms. The summed E-state index contributed by atoms with van der Waals surface area (Å²) in [5, 5.41) is 3.27. The molecule has 2 rings (SSSR count). The van der Waals surface area contributed by atoms with Crippen molar-refractivity contribution in [2.24, 2.45) is 0 Å². The molecule has 0 saturated carbocycles. The molecule has 0 aliphatic carbocycles. The van der Waals surface area contributed by atoms with E-state index < -0.39 is 10.1 Å². The summed E-state index contributed by atoms with van der Waals surface area (Å²) in [4.78, 5) is 2.30. The zero-order valence-corrected chi connectivity index (χ0v) is 11.9. The Morgan fingerprint density at radius 1 is 1.37 bits per heavy atom. The first kappa shape index (κ1) is 14.3. The average Bonchev–Trinajstić information content (AvgIpc) is 2.75. The molecule has 5 nitrogen and oxygen atoms in total. The second-order valence-corrected chi connectivity index (χ2v) is 6.41. The molecule has 6 heteroatoms. The Bertz CT molecular complexity index is 513. The van der Waals surface area contributed by atoms with Crippen molar-refractivity contribution >= 4 is 15.8 Å². The van der Waals surface area contributed by atoms with Crippen LogP contribution in [0.1, 0.15) is 19.3 Å². The standard InChI is InChI=1S/C13H20N2O3S/c1-15-10-2-3-12(15)8-9-14-11-4-6-13(7-5-11)19(16,17)18/h4-7,12,14H,2-3,8-10H2,1H3,(H,16,17,18). The minimum Gasteiger partial charge on any atom is -0.385 e. The third kappa shape index (κ3) is 3.92. The van der Waals surface area contributed by atoms with E-state index in [0.717, 1.165) is 18.7 Å². The summed E-state index contributed by atoms with van der Waals surface area (Å²) >= 11 is 0. The monoisotopic (exact) mass is 284 g/mol. The van der Waals surface area contributed by atoms with Gasteiger partial charge < -0.3 is 10.2 Å². The Labute approximate surface area is 114 Å². The van der Waals surface area contributed by atoms with Gasteiger partial charge in [-0.3, -0.25) is 4.55 Å². The van der Waals surface area contributed by atoms with E-state index in [1.165, 1.54) is 31.5 Å². The largest absolute Gasteiger partial charge is 0.385 e. The minimum atomic E-state index is -4.09. The van der Waals surface area contributed by atoms with E-state index >= 15 is 0 Å². The highest BCUT2D eigenvalue weighted by Crippen LogP contribution is 2.18. The molecule has 106 valence electrons. The maximum Gasteiger partial charge on any atom is 0.294 e. The quantitative estimate of drug-likeness (QED) is 0.807. The third-order valence-corrected chi connectivity index (χ3v) is 4.50. The lowest BCUT2D eigenvalue weighted by Gasteiger charge is -2.19. The summed E-state index contributed by atoms with van der Waals surface area (Å²) in [5.41, 5.74) is 0.869. The van der Waals surface area contributed by atoms with Crippen LogP contribution in [0.25, 0.3) is 0 Å². The van der Waals surface area contributed by atoms with Crippen LogP contribution in [0.3, 0.4) is 0 Å². The molecule has 0 aromatic heterocycles. The molecule has 1 aromatic rings. The second-order valence-electron chi connectivity index (χ2n) is 4.99. The molecule has 1 fully saturated rings. The number of hydrogen-bond donors (Lipinski definition) is 2. The zero-order valence-electron chi connectivity index (χ0n) is 11.0. The van der Waals surface area contributed by atoms with Gasteiger partial charge >= 0.3 is 0 Å². The van der Waals surface area contributed by atoms with E-state index in [2.05, 4.69) is 17.3 Å². The van der Waals surface area contributed by atoms with Crippen LogP contribution in [0.15, 0.2) is 29.2 Å². The zero-order chi connectivity index (χ0) is 13.9. The summed E-state index contributed by atoms with van der Waals surface area (Å²) in [6.45, 7) is 2.04. The first-order valence-corrected chi connectivity index (χ1v) is 7.92. The number of anilines is 1. The Kier molecular flexibility index (Phi) is 4.44. The van der Waals surface area contributed by atoms with Crippen molar-refractivity contribution in [2.45, 2.75) is 30.2 Å². The minimum absolute atomic E-state index is 0.0754. The van der Waals surface area contributed by atoms with E-state index in [1.54, 1.807) is 12.1 Å². The van der Waals surface area contributed by atoms with E-state index in [4.69, 9.17) is 4.55 Å². The SMILES string of the molecule is CN1CCCC1CCNc1ccc(S(=O)(=O)O)cc1. The van der Waals surface area contributed by atoms with E-state index in [9.17, 15) is 8.42 Å². The van der Waals surface area contributed by atoms with Crippen molar-refractivity contribution in [1.29, 1.82) is 0 Å². The van der Waals surface area contributed by atoms with Gasteiger partial charge in [0.2, 0.25) is 0 Å². The number of hydrogen-bond acceptors (Lipinski definition) is 4. The van der Waals surface area contributed by atoms with Crippen LogP contribution in [0.5, 0.6) is 0 Å². The van der Waals surface area contributed by atoms with Crippen LogP contribution in [0.4, 0.5) is 5.69 Å². The molecule has 1 heterocycles. The highest BCUT2D eigenvalue weighted by atomic mass is 32.2. The van der Waals surface area contributed by atoms with E-state index in [0.29, 0.717) is 6.04 Å². The van der Waals surface area contributed by atoms with Crippen molar-refractivity contribution in [3.63, 3.8) is 0 Å². The highest BCUT2D eigenvalue weighted by Gasteiger charge is 2.19. The summed E-state index contributed by atoms with van der Waals surface area (Å²) in [5.74, 6) is 0. The Balaban J connectivity index is 1.83. The van der Waals surface area contributed by atoms with Crippen molar-refractivity contribution in [2.75, 3.05) is 25.5 Å². The highest BCUT2D eigenvalue weighted by molar-refractivity contribution is 7.85. The van der Waals surface area contributed by atoms with Crippen molar-refractivity contribution < 1.29 is 13.0 Å². The fourth-order valence-electron chi connectivity index (χ4n) is 2.47. The summed E-state index contributed by atoms with van der Waals surface area (Å²) in [6, 6.07) is 6.78. The normalized spacial score (nSPS) is 20.6. The molecule has 1 saturated heterocycles. The van der Waals surface area contributed by atoms with E-state index in [-0.39, 0.29) is 4.90 Å². The Morgan fingerprint density at radius 3 is 2.58 bits per heavy atom. The van der Waals surface area contributed by atoms with Crippen LogP contribution in [-0.4, -0.2) is 44.0 Å². The Morgan fingerprint density at radius 2 is 2.05 bits per heavy atom. The molecule has 0 bridgehead atoms. The van der Waals surface area contributed by atoms with Crippen LogP contribution >= 0.6 is 0 Å². The van der Waals surface area contributed by atoms with Gasteiger partial charge in [-0.2, -0.15) is 8.42 Å². The fraction of sp³-hybridized carbons (Fsp3) is 0.538. The molecule has 1 aliphatic rings. The van der Waals surface area contributed by atoms with Crippen LogP contribution in [0.2, 0.25) is 0 Å². The number of benzene rings is 1. The van der Waals surface area contributed by atoms with Gasteiger partial charge in [0.05, 0.1) is 4.90 Å². The van der Waals surface area contributed by atoms with Gasteiger partial charge in [0.1, 0.15) is 0 Å². The molecule has 1 unspecified atom stereocenters. The molecule has 1 aliphatic heterocycles. The molecule has 1 atom stereocenters. The van der Waals surface area contributed by atoms with Crippen LogP contribution in [-0.2, 0) is 10.1 Å². The molecular formula is C13H20N2O3S. The predicted molar refractivity (Wildman–Crippen MR) is 75.0 cm³/mol. The molecule has 0 radical (unpaired) electrons.